The largest absolute Gasteiger partial charge is 0.466 e. The molecule has 1 aromatic heterocycles. The van der Waals surface area contributed by atoms with E-state index in [0.717, 1.165) is 5.56 Å². The van der Waals surface area contributed by atoms with E-state index >= 15 is 0 Å². The molecule has 1 aromatic carbocycles. The molecule has 3 rings (SSSR count). The van der Waals surface area contributed by atoms with Crippen LogP contribution in [0.4, 0.5) is 0 Å². The minimum Gasteiger partial charge on any atom is -0.466 e. The van der Waals surface area contributed by atoms with Gasteiger partial charge in [-0.2, -0.15) is 0 Å². The van der Waals surface area contributed by atoms with Crippen LogP contribution in [0.5, 0.6) is 11.5 Å². The second-order valence-corrected chi connectivity index (χ2v) is 3.53. The SMILES string of the molecule is O[C@H](c1ccc2c(c1)OCO2)c1ccco1. The van der Waals surface area contributed by atoms with Crippen LogP contribution < -0.4 is 9.47 Å². The third-order valence-corrected chi connectivity index (χ3v) is 2.53. The first kappa shape index (κ1) is 9.30. The molecule has 0 spiro atoms. The lowest BCUT2D eigenvalue weighted by Gasteiger charge is -2.08. The highest BCUT2D eigenvalue weighted by molar-refractivity contribution is 5.45. The molecule has 0 saturated heterocycles. The summed E-state index contributed by atoms with van der Waals surface area (Å²) < 4.78 is 15.6. The van der Waals surface area contributed by atoms with E-state index in [1.54, 1.807) is 30.3 Å². The third kappa shape index (κ3) is 1.44. The third-order valence-electron chi connectivity index (χ3n) is 2.53. The standard InChI is InChI=1S/C12H10O4/c13-12(10-2-1-5-14-10)8-3-4-9-11(6-8)16-7-15-9/h1-6,12-13H,7H2/t12-/m1/s1. The summed E-state index contributed by atoms with van der Waals surface area (Å²) >= 11 is 0. The van der Waals surface area contributed by atoms with Crippen molar-refractivity contribution in [2.45, 2.75) is 6.10 Å². The van der Waals surface area contributed by atoms with E-state index < -0.39 is 6.10 Å². The van der Waals surface area contributed by atoms with E-state index in [0.29, 0.717) is 17.3 Å². The van der Waals surface area contributed by atoms with Crippen molar-refractivity contribution in [1.29, 1.82) is 0 Å². The van der Waals surface area contributed by atoms with Crippen molar-refractivity contribution < 1.29 is 19.0 Å². The Morgan fingerprint density at radius 2 is 2.00 bits per heavy atom. The molecule has 4 nitrogen and oxygen atoms in total. The fraction of sp³-hybridized carbons (Fsp3) is 0.167. The van der Waals surface area contributed by atoms with Crippen LogP contribution in [0.15, 0.2) is 41.0 Å². The molecule has 0 radical (unpaired) electrons. The Morgan fingerprint density at radius 1 is 1.12 bits per heavy atom. The zero-order valence-corrected chi connectivity index (χ0v) is 8.42. The lowest BCUT2D eigenvalue weighted by Crippen LogP contribution is -1.97. The zero-order chi connectivity index (χ0) is 11.0. The predicted octanol–water partition coefficient (Wildman–Crippen LogP) is 2.09. The smallest absolute Gasteiger partial charge is 0.231 e. The summed E-state index contributed by atoms with van der Waals surface area (Å²) in [5.74, 6) is 1.87. The number of fused-ring (bicyclic) bond motifs is 1. The molecule has 0 amide bonds. The molecule has 0 saturated carbocycles. The summed E-state index contributed by atoms with van der Waals surface area (Å²) in [5, 5.41) is 10.0. The summed E-state index contributed by atoms with van der Waals surface area (Å²) in [6.45, 7) is 0.232. The number of ether oxygens (including phenoxy) is 2. The Hall–Kier alpha value is -1.94. The molecule has 0 unspecified atom stereocenters. The van der Waals surface area contributed by atoms with Crippen LogP contribution in [-0.4, -0.2) is 11.9 Å². The quantitative estimate of drug-likeness (QED) is 0.838. The maximum Gasteiger partial charge on any atom is 0.231 e. The summed E-state index contributed by atoms with van der Waals surface area (Å²) in [5.41, 5.74) is 0.721. The van der Waals surface area contributed by atoms with Gasteiger partial charge in [0.2, 0.25) is 6.79 Å². The van der Waals surface area contributed by atoms with E-state index in [-0.39, 0.29) is 6.79 Å². The van der Waals surface area contributed by atoms with Gasteiger partial charge in [-0.1, -0.05) is 6.07 Å². The van der Waals surface area contributed by atoms with Crippen molar-refractivity contribution in [2.24, 2.45) is 0 Å². The first-order chi connectivity index (χ1) is 7.84. The fourth-order valence-corrected chi connectivity index (χ4v) is 1.69. The van der Waals surface area contributed by atoms with Crippen molar-refractivity contribution in [3.8, 4) is 11.5 Å². The number of aliphatic hydroxyl groups excluding tert-OH is 1. The zero-order valence-electron chi connectivity index (χ0n) is 8.42. The Labute approximate surface area is 92.0 Å². The molecule has 0 fully saturated rings. The maximum atomic E-state index is 10.0. The number of aliphatic hydroxyl groups is 1. The number of hydrogen-bond acceptors (Lipinski definition) is 4. The second kappa shape index (κ2) is 3.57. The highest BCUT2D eigenvalue weighted by Gasteiger charge is 2.18. The Morgan fingerprint density at radius 3 is 2.81 bits per heavy atom. The van der Waals surface area contributed by atoms with Crippen LogP contribution >= 0.6 is 0 Å². The molecule has 2 heterocycles. The maximum absolute atomic E-state index is 10.0. The van der Waals surface area contributed by atoms with E-state index in [1.807, 2.05) is 0 Å². The molecular formula is C12H10O4. The first-order valence-corrected chi connectivity index (χ1v) is 4.95. The van der Waals surface area contributed by atoms with Crippen LogP contribution in [0.2, 0.25) is 0 Å². The van der Waals surface area contributed by atoms with Gasteiger partial charge in [-0.25, -0.2) is 0 Å². The van der Waals surface area contributed by atoms with Gasteiger partial charge in [0.1, 0.15) is 11.9 Å². The topological polar surface area (TPSA) is 51.8 Å². The highest BCUT2D eigenvalue weighted by atomic mass is 16.7. The molecule has 82 valence electrons. The van der Waals surface area contributed by atoms with Crippen molar-refractivity contribution in [2.75, 3.05) is 6.79 Å². The van der Waals surface area contributed by atoms with Gasteiger partial charge >= 0.3 is 0 Å². The van der Waals surface area contributed by atoms with Gasteiger partial charge in [0, 0.05) is 0 Å². The fourth-order valence-electron chi connectivity index (χ4n) is 1.69. The number of benzene rings is 1. The summed E-state index contributed by atoms with van der Waals surface area (Å²) in [4.78, 5) is 0. The number of hydrogen-bond donors (Lipinski definition) is 1. The molecular weight excluding hydrogens is 208 g/mol. The lowest BCUT2D eigenvalue weighted by atomic mass is 10.1. The van der Waals surface area contributed by atoms with Crippen LogP contribution in [0.3, 0.4) is 0 Å². The summed E-state index contributed by atoms with van der Waals surface area (Å²) in [6.07, 6.45) is 0.760. The van der Waals surface area contributed by atoms with Gasteiger partial charge in [0.15, 0.2) is 11.5 Å². The van der Waals surface area contributed by atoms with Crippen molar-refractivity contribution in [3.05, 3.63) is 47.9 Å². The van der Waals surface area contributed by atoms with Gasteiger partial charge in [-0.05, 0) is 29.8 Å². The average Bonchev–Trinajstić information content (AvgIpc) is 2.98. The highest BCUT2D eigenvalue weighted by Crippen LogP contribution is 2.35. The first-order valence-electron chi connectivity index (χ1n) is 4.95. The van der Waals surface area contributed by atoms with Crippen LogP contribution in [0.1, 0.15) is 17.4 Å². The normalized spacial score (nSPS) is 15.1. The average molecular weight is 218 g/mol. The van der Waals surface area contributed by atoms with Crippen molar-refractivity contribution in [1.82, 2.24) is 0 Å². The molecule has 16 heavy (non-hydrogen) atoms. The second-order valence-electron chi connectivity index (χ2n) is 3.53. The molecule has 1 N–H and O–H groups in total. The van der Waals surface area contributed by atoms with Crippen LogP contribution in [-0.2, 0) is 0 Å². The monoisotopic (exact) mass is 218 g/mol. The molecule has 4 heteroatoms. The number of furan rings is 1. The molecule has 1 aliphatic heterocycles. The van der Waals surface area contributed by atoms with E-state index in [1.165, 1.54) is 6.26 Å². The van der Waals surface area contributed by atoms with E-state index in [9.17, 15) is 5.11 Å². The Bertz CT molecular complexity index is 490. The Balaban J connectivity index is 1.95. The number of rotatable bonds is 2. The lowest BCUT2D eigenvalue weighted by molar-refractivity contribution is 0.173. The predicted molar refractivity (Wildman–Crippen MR) is 55.3 cm³/mol. The minimum atomic E-state index is -0.774. The summed E-state index contributed by atoms with van der Waals surface area (Å²) in [6, 6.07) is 8.81. The molecule has 0 bridgehead atoms. The van der Waals surface area contributed by atoms with Gasteiger partial charge in [0.05, 0.1) is 6.26 Å². The van der Waals surface area contributed by atoms with Gasteiger partial charge in [-0.15, -0.1) is 0 Å². The van der Waals surface area contributed by atoms with Crippen LogP contribution in [0.25, 0.3) is 0 Å². The molecule has 1 aliphatic rings. The van der Waals surface area contributed by atoms with Crippen molar-refractivity contribution in [3.63, 3.8) is 0 Å². The Kier molecular flexibility index (Phi) is 2.08. The van der Waals surface area contributed by atoms with Gasteiger partial charge in [-0.3, -0.25) is 0 Å². The van der Waals surface area contributed by atoms with Gasteiger partial charge in [0.25, 0.3) is 0 Å². The molecule has 2 aromatic rings. The van der Waals surface area contributed by atoms with Crippen molar-refractivity contribution >= 4 is 0 Å². The summed E-state index contributed by atoms with van der Waals surface area (Å²) in [7, 11) is 0. The van der Waals surface area contributed by atoms with Gasteiger partial charge < -0.3 is 19.0 Å². The van der Waals surface area contributed by atoms with E-state index in [4.69, 9.17) is 13.9 Å². The van der Waals surface area contributed by atoms with Crippen LogP contribution in [0, 0.1) is 0 Å². The van der Waals surface area contributed by atoms with E-state index in [2.05, 4.69) is 0 Å². The molecule has 0 aliphatic carbocycles. The molecule has 1 atom stereocenters. The minimum absolute atomic E-state index is 0.232.